The molecule has 5 aromatic carbocycles. The highest BCUT2D eigenvalue weighted by molar-refractivity contribution is 6.58. The van der Waals surface area contributed by atoms with E-state index in [-0.39, 0.29) is 0 Å². The molecule has 6 aromatic rings. The molecular formula is C30H22BNO3. The summed E-state index contributed by atoms with van der Waals surface area (Å²) in [6.45, 7) is 0. The largest absolute Gasteiger partial charge is 0.488 e. The zero-order chi connectivity index (χ0) is 23.8. The SMILES string of the molecule is OB(O)c1ccc(N(c2cccc(-c3ccccc3)c2)c2ccc3c(c2)oc2ccccc23)cc1. The normalized spacial score (nSPS) is 11.1. The van der Waals surface area contributed by atoms with Gasteiger partial charge in [-0.15, -0.1) is 0 Å². The molecule has 5 heteroatoms. The fraction of sp³-hybridized carbons (Fsp3) is 0. The summed E-state index contributed by atoms with van der Waals surface area (Å²) < 4.78 is 6.17. The molecule has 0 amide bonds. The summed E-state index contributed by atoms with van der Waals surface area (Å²) in [5.74, 6) is 0. The van der Waals surface area contributed by atoms with Crippen molar-refractivity contribution in [3.63, 3.8) is 0 Å². The lowest BCUT2D eigenvalue weighted by molar-refractivity contribution is 0.426. The van der Waals surface area contributed by atoms with Gasteiger partial charge in [0.2, 0.25) is 0 Å². The van der Waals surface area contributed by atoms with Gasteiger partial charge in [-0.25, -0.2) is 0 Å². The zero-order valence-corrected chi connectivity index (χ0v) is 18.9. The van der Waals surface area contributed by atoms with Crippen LogP contribution >= 0.6 is 0 Å². The standard InChI is InChI=1S/C30H22BNO3/c33-31(34)23-13-15-24(16-14-23)32(25-10-6-9-22(19-25)21-7-2-1-3-8-21)26-17-18-28-27-11-4-5-12-29(27)35-30(28)20-26/h1-20,33-34H. The van der Waals surface area contributed by atoms with E-state index in [9.17, 15) is 10.0 Å². The third kappa shape index (κ3) is 3.97. The molecule has 0 aliphatic carbocycles. The molecule has 0 radical (unpaired) electrons. The second-order valence-electron chi connectivity index (χ2n) is 8.50. The van der Waals surface area contributed by atoms with E-state index in [1.54, 1.807) is 12.1 Å². The van der Waals surface area contributed by atoms with E-state index in [1.165, 1.54) is 0 Å². The molecule has 6 rings (SSSR count). The van der Waals surface area contributed by atoms with Crippen molar-refractivity contribution in [2.75, 3.05) is 4.90 Å². The predicted octanol–water partition coefficient (Wildman–Crippen LogP) is 6.40. The van der Waals surface area contributed by atoms with Crippen LogP contribution in [0.4, 0.5) is 17.1 Å². The summed E-state index contributed by atoms with van der Waals surface area (Å²) in [5.41, 5.74) is 7.20. The van der Waals surface area contributed by atoms with Crippen molar-refractivity contribution in [2.24, 2.45) is 0 Å². The zero-order valence-electron chi connectivity index (χ0n) is 18.9. The van der Waals surface area contributed by atoms with Crippen LogP contribution in [0.25, 0.3) is 33.1 Å². The summed E-state index contributed by atoms with van der Waals surface area (Å²) >= 11 is 0. The van der Waals surface area contributed by atoms with Crippen molar-refractivity contribution >= 4 is 51.6 Å². The highest BCUT2D eigenvalue weighted by atomic mass is 16.4. The third-order valence-electron chi connectivity index (χ3n) is 6.28. The van der Waals surface area contributed by atoms with Gasteiger partial charge in [0.1, 0.15) is 11.2 Å². The number of rotatable bonds is 5. The average molecular weight is 455 g/mol. The van der Waals surface area contributed by atoms with Crippen LogP contribution in [0.2, 0.25) is 0 Å². The summed E-state index contributed by atoms with van der Waals surface area (Å²) in [7, 11) is -1.51. The van der Waals surface area contributed by atoms with E-state index in [4.69, 9.17) is 4.42 Å². The molecule has 0 spiro atoms. The molecule has 0 unspecified atom stereocenters. The van der Waals surface area contributed by atoms with Gasteiger partial charge < -0.3 is 19.4 Å². The van der Waals surface area contributed by atoms with Crippen LogP contribution in [0.3, 0.4) is 0 Å². The summed E-state index contributed by atoms with van der Waals surface area (Å²) in [6, 6.07) is 40.2. The molecule has 1 aromatic heterocycles. The fourth-order valence-electron chi connectivity index (χ4n) is 4.55. The molecule has 0 bridgehead atoms. The Hall–Kier alpha value is -4.32. The predicted molar refractivity (Wildman–Crippen MR) is 144 cm³/mol. The maximum absolute atomic E-state index is 9.57. The van der Waals surface area contributed by atoms with Crippen LogP contribution in [0.5, 0.6) is 0 Å². The first-order valence-electron chi connectivity index (χ1n) is 11.5. The van der Waals surface area contributed by atoms with Gasteiger partial charge in [0.05, 0.1) is 0 Å². The first-order valence-corrected chi connectivity index (χ1v) is 11.5. The first kappa shape index (κ1) is 21.2. The van der Waals surface area contributed by atoms with Crippen LogP contribution < -0.4 is 10.4 Å². The number of para-hydroxylation sites is 1. The molecule has 0 atom stereocenters. The first-order chi connectivity index (χ1) is 17.2. The molecule has 0 aliphatic rings. The van der Waals surface area contributed by atoms with Crippen LogP contribution in [0, 0.1) is 0 Å². The van der Waals surface area contributed by atoms with Crippen molar-refractivity contribution in [1.82, 2.24) is 0 Å². The number of nitrogens with zero attached hydrogens (tertiary/aromatic N) is 1. The molecule has 4 nitrogen and oxygen atoms in total. The van der Waals surface area contributed by atoms with E-state index in [0.717, 1.165) is 50.1 Å². The Morgan fingerprint density at radius 3 is 1.97 bits per heavy atom. The average Bonchev–Trinajstić information content (AvgIpc) is 3.28. The van der Waals surface area contributed by atoms with Crippen LogP contribution in [-0.2, 0) is 0 Å². The lowest BCUT2D eigenvalue weighted by Crippen LogP contribution is -2.29. The second kappa shape index (κ2) is 8.80. The van der Waals surface area contributed by atoms with Gasteiger partial charge >= 0.3 is 7.12 Å². The van der Waals surface area contributed by atoms with Crippen LogP contribution in [0.1, 0.15) is 0 Å². The highest BCUT2D eigenvalue weighted by Gasteiger charge is 2.17. The topological polar surface area (TPSA) is 56.8 Å². The van der Waals surface area contributed by atoms with Gasteiger partial charge in [0.15, 0.2) is 0 Å². The van der Waals surface area contributed by atoms with E-state index in [2.05, 4.69) is 65.6 Å². The number of fused-ring (bicyclic) bond motifs is 3. The van der Waals surface area contributed by atoms with Crippen LogP contribution in [-0.4, -0.2) is 17.2 Å². The number of hydrogen-bond donors (Lipinski definition) is 2. The molecule has 0 aliphatic heterocycles. The maximum Gasteiger partial charge on any atom is 0.488 e. The number of anilines is 3. The van der Waals surface area contributed by atoms with Gasteiger partial charge in [-0.3, -0.25) is 0 Å². The Morgan fingerprint density at radius 1 is 0.514 bits per heavy atom. The van der Waals surface area contributed by atoms with Gasteiger partial charge in [0.25, 0.3) is 0 Å². The quantitative estimate of drug-likeness (QED) is 0.295. The summed E-state index contributed by atoms with van der Waals surface area (Å²) in [6.07, 6.45) is 0. The Bertz CT molecular complexity index is 1630. The van der Waals surface area contributed by atoms with Crippen molar-refractivity contribution in [3.8, 4) is 11.1 Å². The Balaban J connectivity index is 1.52. The maximum atomic E-state index is 9.57. The monoisotopic (exact) mass is 455 g/mol. The molecule has 0 fully saturated rings. The van der Waals surface area contributed by atoms with Crippen molar-refractivity contribution in [1.29, 1.82) is 0 Å². The lowest BCUT2D eigenvalue weighted by atomic mass is 9.80. The Labute approximate surface area is 203 Å². The molecule has 35 heavy (non-hydrogen) atoms. The molecule has 2 N–H and O–H groups in total. The van der Waals surface area contributed by atoms with Gasteiger partial charge in [-0.2, -0.15) is 0 Å². The second-order valence-corrected chi connectivity index (χ2v) is 8.50. The fourth-order valence-corrected chi connectivity index (χ4v) is 4.55. The summed E-state index contributed by atoms with van der Waals surface area (Å²) in [4.78, 5) is 2.15. The van der Waals surface area contributed by atoms with Crippen molar-refractivity contribution < 1.29 is 14.5 Å². The lowest BCUT2D eigenvalue weighted by Gasteiger charge is -2.26. The van der Waals surface area contributed by atoms with Crippen LogP contribution in [0.15, 0.2) is 126 Å². The molecule has 1 heterocycles. The highest BCUT2D eigenvalue weighted by Crippen LogP contribution is 2.39. The summed E-state index contributed by atoms with van der Waals surface area (Å²) in [5, 5.41) is 21.3. The molecular weight excluding hydrogens is 433 g/mol. The Kier molecular flexibility index (Phi) is 5.34. The molecule has 168 valence electrons. The molecule has 0 saturated carbocycles. The number of furan rings is 1. The third-order valence-corrected chi connectivity index (χ3v) is 6.28. The Morgan fingerprint density at radius 2 is 1.17 bits per heavy atom. The van der Waals surface area contributed by atoms with E-state index in [1.807, 2.05) is 48.5 Å². The van der Waals surface area contributed by atoms with E-state index >= 15 is 0 Å². The number of hydrogen-bond acceptors (Lipinski definition) is 4. The van der Waals surface area contributed by atoms with Crippen molar-refractivity contribution in [2.45, 2.75) is 0 Å². The van der Waals surface area contributed by atoms with E-state index in [0.29, 0.717) is 5.46 Å². The van der Waals surface area contributed by atoms with Gasteiger partial charge in [0, 0.05) is 33.9 Å². The van der Waals surface area contributed by atoms with Gasteiger partial charge in [-0.1, -0.05) is 72.8 Å². The number of benzene rings is 5. The molecule has 0 saturated heterocycles. The smallest absolute Gasteiger partial charge is 0.456 e. The minimum absolute atomic E-state index is 0.444. The van der Waals surface area contributed by atoms with Crippen molar-refractivity contribution in [3.05, 3.63) is 121 Å². The minimum atomic E-state index is -1.51. The van der Waals surface area contributed by atoms with Gasteiger partial charge in [-0.05, 0) is 59.1 Å². The minimum Gasteiger partial charge on any atom is -0.456 e. The van der Waals surface area contributed by atoms with E-state index < -0.39 is 7.12 Å².